The van der Waals surface area contributed by atoms with Crippen molar-refractivity contribution >= 4 is 39.6 Å². The fourth-order valence-electron chi connectivity index (χ4n) is 3.74. The molecule has 0 spiro atoms. The Morgan fingerprint density at radius 1 is 0.816 bits per heavy atom. The Morgan fingerprint density at radius 3 is 2.18 bits per heavy atom. The number of aliphatic carboxylic acids is 1. The monoisotopic (exact) mass is 572 g/mol. The lowest BCUT2D eigenvalue weighted by Crippen LogP contribution is -2.33. The number of carbonyl (C=O) groups excluding carboxylic acids is 2. The van der Waals surface area contributed by atoms with Crippen LogP contribution in [0.4, 0.5) is 10.5 Å². The van der Waals surface area contributed by atoms with Gasteiger partial charge in [-0.15, -0.1) is 0 Å². The van der Waals surface area contributed by atoms with Crippen LogP contribution in [0.2, 0.25) is 0 Å². The van der Waals surface area contributed by atoms with Crippen molar-refractivity contribution < 1.29 is 24.2 Å². The van der Waals surface area contributed by atoms with E-state index < -0.39 is 18.0 Å². The highest BCUT2D eigenvalue weighted by Crippen LogP contribution is 2.26. The van der Waals surface area contributed by atoms with Crippen LogP contribution in [-0.4, -0.2) is 29.6 Å². The average Bonchev–Trinajstić information content (AvgIpc) is 2.93. The van der Waals surface area contributed by atoms with Crippen LogP contribution in [0.3, 0.4) is 0 Å². The van der Waals surface area contributed by atoms with Crippen molar-refractivity contribution in [3.63, 3.8) is 0 Å². The van der Waals surface area contributed by atoms with Gasteiger partial charge in [-0.2, -0.15) is 0 Å². The third-order valence-corrected chi connectivity index (χ3v) is 6.21. The fraction of sp³-hybridized carbons (Fsp3) is 0.100. The van der Waals surface area contributed by atoms with Gasteiger partial charge in [0.2, 0.25) is 0 Å². The van der Waals surface area contributed by atoms with Crippen molar-refractivity contribution in [3.05, 3.63) is 119 Å². The molecule has 7 nitrogen and oxygen atoms in total. The van der Waals surface area contributed by atoms with Gasteiger partial charge in [0.05, 0.1) is 13.0 Å². The van der Waals surface area contributed by atoms with Gasteiger partial charge in [0.25, 0.3) is 5.91 Å². The smallest absolute Gasteiger partial charge is 0.420 e. The van der Waals surface area contributed by atoms with E-state index in [0.29, 0.717) is 17.0 Å². The van der Waals surface area contributed by atoms with E-state index >= 15 is 0 Å². The van der Waals surface area contributed by atoms with Crippen molar-refractivity contribution in [1.82, 2.24) is 5.32 Å². The molecule has 4 aromatic carbocycles. The number of hydrogen-bond acceptors (Lipinski definition) is 4. The third-order valence-electron chi connectivity index (χ3n) is 5.69. The summed E-state index contributed by atoms with van der Waals surface area (Å²) in [6, 6.07) is 31.2. The number of nitrogens with zero attached hydrogens (tertiary/aromatic N) is 1. The van der Waals surface area contributed by atoms with E-state index in [9.17, 15) is 14.4 Å². The maximum Gasteiger partial charge on any atom is 0.420 e. The molecule has 0 aliphatic carbocycles. The average molecular weight is 573 g/mol. The standard InChI is InChI=1S/C30H25BrN2O5/c31-25-13-9-21(10-14-25)20-33(26-15-11-23(12-16-26)29(36)32-18-17-28(34)35)30(37)38-27-8-4-7-24(19-27)22-5-2-1-3-6-22/h1-16,19H,17-18,20H2,(H,32,36)(H,34,35). The predicted octanol–water partition coefficient (Wildman–Crippen LogP) is 6.53. The normalized spacial score (nSPS) is 10.4. The summed E-state index contributed by atoms with van der Waals surface area (Å²) in [5, 5.41) is 11.3. The molecule has 0 saturated carbocycles. The second-order valence-electron chi connectivity index (χ2n) is 8.42. The van der Waals surface area contributed by atoms with Gasteiger partial charge in [-0.3, -0.25) is 14.5 Å². The molecule has 2 N–H and O–H groups in total. The molecule has 0 radical (unpaired) electrons. The molecule has 0 fully saturated rings. The van der Waals surface area contributed by atoms with Gasteiger partial charge in [0.1, 0.15) is 5.75 Å². The maximum absolute atomic E-state index is 13.4. The van der Waals surface area contributed by atoms with Gasteiger partial charge in [-0.25, -0.2) is 4.79 Å². The third kappa shape index (κ3) is 7.30. The van der Waals surface area contributed by atoms with Crippen molar-refractivity contribution in [2.45, 2.75) is 13.0 Å². The summed E-state index contributed by atoms with van der Waals surface area (Å²) in [5.74, 6) is -0.971. The first-order valence-corrected chi connectivity index (χ1v) is 12.7. The molecule has 38 heavy (non-hydrogen) atoms. The summed E-state index contributed by atoms with van der Waals surface area (Å²) < 4.78 is 6.71. The summed E-state index contributed by atoms with van der Waals surface area (Å²) >= 11 is 3.43. The first kappa shape index (κ1) is 26.6. The van der Waals surface area contributed by atoms with E-state index in [1.54, 1.807) is 30.3 Å². The largest absolute Gasteiger partial charge is 0.481 e. The number of amides is 2. The first-order valence-electron chi connectivity index (χ1n) is 11.9. The minimum atomic E-state index is -0.989. The highest BCUT2D eigenvalue weighted by molar-refractivity contribution is 9.10. The Balaban J connectivity index is 1.55. The maximum atomic E-state index is 13.4. The van der Waals surface area contributed by atoms with Gasteiger partial charge in [0, 0.05) is 22.3 Å². The Morgan fingerprint density at radius 2 is 1.50 bits per heavy atom. The van der Waals surface area contributed by atoms with E-state index in [-0.39, 0.29) is 19.5 Å². The number of hydrogen-bond donors (Lipinski definition) is 2. The van der Waals surface area contributed by atoms with Crippen LogP contribution in [0.5, 0.6) is 5.75 Å². The van der Waals surface area contributed by atoms with Crippen LogP contribution in [0.25, 0.3) is 11.1 Å². The topological polar surface area (TPSA) is 95.9 Å². The molecule has 8 heteroatoms. The van der Waals surface area contributed by atoms with Gasteiger partial charge in [-0.1, -0.05) is 70.5 Å². The molecule has 0 aromatic heterocycles. The number of anilines is 1. The molecule has 0 aliphatic rings. The molecule has 192 valence electrons. The Labute approximate surface area is 228 Å². The molecule has 0 saturated heterocycles. The number of ether oxygens (including phenoxy) is 1. The summed E-state index contributed by atoms with van der Waals surface area (Å²) in [4.78, 5) is 37.9. The number of rotatable bonds is 9. The molecule has 0 aliphatic heterocycles. The lowest BCUT2D eigenvalue weighted by Gasteiger charge is -2.23. The molecule has 2 amide bonds. The van der Waals surface area contributed by atoms with Gasteiger partial charge < -0.3 is 15.2 Å². The Hall–Kier alpha value is -4.43. The van der Waals surface area contributed by atoms with E-state index in [1.165, 1.54) is 4.90 Å². The second kappa shape index (κ2) is 12.7. The van der Waals surface area contributed by atoms with Crippen LogP contribution >= 0.6 is 15.9 Å². The zero-order valence-electron chi connectivity index (χ0n) is 20.3. The van der Waals surface area contributed by atoms with Crippen LogP contribution in [0, 0.1) is 0 Å². The van der Waals surface area contributed by atoms with Crippen molar-refractivity contribution in [2.24, 2.45) is 0 Å². The number of carbonyl (C=O) groups is 3. The van der Waals surface area contributed by atoms with E-state index in [2.05, 4.69) is 21.2 Å². The number of carboxylic acid groups (broad SMARTS) is 1. The van der Waals surface area contributed by atoms with E-state index in [1.807, 2.05) is 72.8 Å². The van der Waals surface area contributed by atoms with E-state index in [0.717, 1.165) is 21.2 Å². The lowest BCUT2D eigenvalue weighted by molar-refractivity contribution is -0.136. The zero-order chi connectivity index (χ0) is 26.9. The quantitative estimate of drug-likeness (QED) is 0.238. The zero-order valence-corrected chi connectivity index (χ0v) is 21.9. The first-order chi connectivity index (χ1) is 18.4. The van der Waals surface area contributed by atoms with Gasteiger partial charge in [-0.05, 0) is 65.2 Å². The summed E-state index contributed by atoms with van der Waals surface area (Å²) in [6.07, 6.45) is -0.737. The van der Waals surface area contributed by atoms with Crippen LogP contribution in [0.1, 0.15) is 22.3 Å². The highest BCUT2D eigenvalue weighted by atomic mass is 79.9. The van der Waals surface area contributed by atoms with Crippen LogP contribution in [0.15, 0.2) is 108 Å². The lowest BCUT2D eigenvalue weighted by atomic mass is 10.1. The number of halogens is 1. The summed E-state index contributed by atoms with van der Waals surface area (Å²) in [5.41, 5.74) is 3.72. The predicted molar refractivity (Wildman–Crippen MR) is 149 cm³/mol. The molecule has 4 aromatic rings. The number of benzene rings is 4. The molecule has 0 atom stereocenters. The summed E-state index contributed by atoms with van der Waals surface area (Å²) in [6.45, 7) is 0.272. The molecule has 4 rings (SSSR count). The molecule has 0 bridgehead atoms. The van der Waals surface area contributed by atoms with Crippen LogP contribution < -0.4 is 15.0 Å². The van der Waals surface area contributed by atoms with Crippen molar-refractivity contribution in [2.75, 3.05) is 11.4 Å². The minimum Gasteiger partial charge on any atom is -0.481 e. The fourth-order valence-corrected chi connectivity index (χ4v) is 4.00. The van der Waals surface area contributed by atoms with E-state index in [4.69, 9.17) is 9.84 Å². The van der Waals surface area contributed by atoms with Gasteiger partial charge in [0.15, 0.2) is 0 Å². The van der Waals surface area contributed by atoms with Crippen molar-refractivity contribution in [1.29, 1.82) is 0 Å². The Kier molecular flexibility index (Phi) is 8.89. The molecular weight excluding hydrogens is 548 g/mol. The number of nitrogens with one attached hydrogen (secondary N) is 1. The molecular formula is C30H25BrN2O5. The van der Waals surface area contributed by atoms with Crippen LogP contribution in [-0.2, 0) is 11.3 Å². The van der Waals surface area contributed by atoms with Gasteiger partial charge >= 0.3 is 12.1 Å². The highest BCUT2D eigenvalue weighted by Gasteiger charge is 2.20. The number of carboxylic acids is 1. The van der Waals surface area contributed by atoms with Crippen molar-refractivity contribution in [3.8, 4) is 16.9 Å². The molecule has 0 unspecified atom stereocenters. The second-order valence-corrected chi connectivity index (χ2v) is 9.34. The SMILES string of the molecule is O=C(O)CCNC(=O)c1ccc(N(Cc2ccc(Br)cc2)C(=O)Oc2cccc(-c3ccccc3)c2)cc1. The minimum absolute atomic E-state index is 0.0278. The Bertz CT molecular complexity index is 1410. The summed E-state index contributed by atoms with van der Waals surface area (Å²) in [7, 11) is 0. The molecule has 0 heterocycles.